The first-order valence-corrected chi connectivity index (χ1v) is 7.58. The lowest BCUT2D eigenvalue weighted by Gasteiger charge is -2.09. The molecular weight excluding hydrogens is 284 g/mol. The van der Waals surface area contributed by atoms with Crippen molar-refractivity contribution in [1.29, 1.82) is 0 Å². The van der Waals surface area contributed by atoms with E-state index in [0.29, 0.717) is 11.3 Å². The highest BCUT2D eigenvalue weighted by Gasteiger charge is 2.10. The van der Waals surface area contributed by atoms with Crippen LogP contribution in [0.15, 0.2) is 72.8 Å². The third kappa shape index (κ3) is 3.49. The van der Waals surface area contributed by atoms with Crippen LogP contribution in [0.3, 0.4) is 0 Å². The van der Waals surface area contributed by atoms with E-state index in [1.807, 2.05) is 74.5 Å². The Morgan fingerprint density at radius 1 is 0.783 bits per heavy atom. The van der Waals surface area contributed by atoms with Gasteiger partial charge in [0.2, 0.25) is 0 Å². The molecule has 0 saturated heterocycles. The smallest absolute Gasteiger partial charge is 0.343 e. The number of esters is 1. The van der Waals surface area contributed by atoms with Gasteiger partial charge in [0.05, 0.1) is 5.56 Å². The van der Waals surface area contributed by atoms with Crippen LogP contribution in [0, 0.1) is 13.8 Å². The zero-order chi connectivity index (χ0) is 16.2. The zero-order valence-electron chi connectivity index (χ0n) is 13.2. The highest BCUT2D eigenvalue weighted by molar-refractivity contribution is 5.91. The molecule has 3 rings (SSSR count). The van der Waals surface area contributed by atoms with Crippen LogP contribution in [0.2, 0.25) is 0 Å². The molecule has 2 nitrogen and oxygen atoms in total. The first kappa shape index (κ1) is 15.0. The summed E-state index contributed by atoms with van der Waals surface area (Å²) in [6, 6.07) is 23.4. The molecule has 0 atom stereocenters. The Morgan fingerprint density at radius 2 is 1.43 bits per heavy atom. The Hall–Kier alpha value is -2.87. The molecule has 0 radical (unpaired) electrons. The fourth-order valence-electron chi connectivity index (χ4n) is 2.41. The van der Waals surface area contributed by atoms with Crippen molar-refractivity contribution in [3.63, 3.8) is 0 Å². The lowest BCUT2D eigenvalue weighted by Crippen LogP contribution is -2.09. The molecule has 0 amide bonds. The Labute approximate surface area is 136 Å². The predicted molar refractivity (Wildman–Crippen MR) is 92.8 cm³/mol. The molecule has 0 heterocycles. The summed E-state index contributed by atoms with van der Waals surface area (Å²) >= 11 is 0. The van der Waals surface area contributed by atoms with E-state index < -0.39 is 0 Å². The van der Waals surface area contributed by atoms with Gasteiger partial charge in [-0.1, -0.05) is 54.6 Å². The molecule has 0 aliphatic carbocycles. The molecule has 0 aromatic heterocycles. The molecule has 23 heavy (non-hydrogen) atoms. The van der Waals surface area contributed by atoms with E-state index in [2.05, 4.69) is 0 Å². The third-order valence-corrected chi connectivity index (χ3v) is 3.77. The number of carbonyl (C=O) groups excluding carboxylic acids is 1. The summed E-state index contributed by atoms with van der Waals surface area (Å²) in [5.74, 6) is 0.278. The second-order valence-electron chi connectivity index (χ2n) is 5.60. The first-order chi connectivity index (χ1) is 11.1. The fourth-order valence-corrected chi connectivity index (χ4v) is 2.41. The SMILES string of the molecule is Cc1ccc(C)c(OC(=O)c2ccc(-c3ccccc3)cc2)c1. The first-order valence-electron chi connectivity index (χ1n) is 7.58. The van der Waals surface area contributed by atoms with Gasteiger partial charge in [-0.15, -0.1) is 0 Å². The van der Waals surface area contributed by atoms with Crippen LogP contribution in [0.4, 0.5) is 0 Å². The van der Waals surface area contributed by atoms with Gasteiger partial charge < -0.3 is 4.74 Å². The summed E-state index contributed by atoms with van der Waals surface area (Å²) in [6.45, 7) is 3.91. The summed E-state index contributed by atoms with van der Waals surface area (Å²) in [6.07, 6.45) is 0. The van der Waals surface area contributed by atoms with E-state index in [9.17, 15) is 4.79 Å². The Kier molecular flexibility index (Phi) is 4.24. The van der Waals surface area contributed by atoms with Crippen molar-refractivity contribution in [2.45, 2.75) is 13.8 Å². The van der Waals surface area contributed by atoms with Gasteiger partial charge in [-0.3, -0.25) is 0 Å². The van der Waals surface area contributed by atoms with Gasteiger partial charge in [0.25, 0.3) is 0 Å². The minimum atomic E-state index is -0.335. The molecule has 0 fully saturated rings. The molecule has 2 heteroatoms. The standard InChI is InChI=1S/C21H18O2/c1-15-8-9-16(2)20(14-15)23-21(22)19-12-10-18(11-13-19)17-6-4-3-5-7-17/h3-14H,1-2H3. The monoisotopic (exact) mass is 302 g/mol. The van der Waals surface area contributed by atoms with Crippen LogP contribution < -0.4 is 4.74 Å². The fraction of sp³-hybridized carbons (Fsp3) is 0.0952. The largest absolute Gasteiger partial charge is 0.423 e. The van der Waals surface area contributed by atoms with E-state index in [4.69, 9.17) is 4.74 Å². The van der Waals surface area contributed by atoms with Gasteiger partial charge in [-0.2, -0.15) is 0 Å². The second-order valence-corrected chi connectivity index (χ2v) is 5.60. The van der Waals surface area contributed by atoms with Crippen molar-refractivity contribution < 1.29 is 9.53 Å². The van der Waals surface area contributed by atoms with Crippen LogP contribution >= 0.6 is 0 Å². The molecule has 0 N–H and O–H groups in total. The van der Waals surface area contributed by atoms with Crippen LogP contribution in [0.25, 0.3) is 11.1 Å². The number of ether oxygens (including phenoxy) is 1. The van der Waals surface area contributed by atoms with Crippen molar-refractivity contribution in [2.75, 3.05) is 0 Å². The Bertz CT molecular complexity index is 818. The number of hydrogen-bond acceptors (Lipinski definition) is 2. The molecule has 0 unspecified atom stereocenters. The number of rotatable bonds is 3. The molecule has 0 spiro atoms. The summed E-state index contributed by atoms with van der Waals surface area (Å²) < 4.78 is 5.52. The minimum Gasteiger partial charge on any atom is -0.423 e. The summed E-state index contributed by atoms with van der Waals surface area (Å²) in [5.41, 5.74) is 4.77. The van der Waals surface area contributed by atoms with Crippen LogP contribution in [-0.2, 0) is 0 Å². The number of aryl methyl sites for hydroxylation is 2. The third-order valence-electron chi connectivity index (χ3n) is 3.77. The van der Waals surface area contributed by atoms with Crippen molar-refractivity contribution in [3.8, 4) is 16.9 Å². The molecule has 114 valence electrons. The average Bonchev–Trinajstić information content (AvgIpc) is 2.59. The average molecular weight is 302 g/mol. The quantitative estimate of drug-likeness (QED) is 0.491. The van der Waals surface area contributed by atoms with Gasteiger partial charge in [-0.05, 0) is 54.3 Å². The molecule has 0 aliphatic heterocycles. The van der Waals surface area contributed by atoms with Gasteiger partial charge in [0, 0.05) is 0 Å². The number of carbonyl (C=O) groups is 1. The van der Waals surface area contributed by atoms with E-state index >= 15 is 0 Å². The van der Waals surface area contributed by atoms with Crippen LogP contribution in [0.5, 0.6) is 5.75 Å². The maximum Gasteiger partial charge on any atom is 0.343 e. The van der Waals surface area contributed by atoms with E-state index in [-0.39, 0.29) is 5.97 Å². The van der Waals surface area contributed by atoms with Crippen molar-refractivity contribution in [1.82, 2.24) is 0 Å². The predicted octanol–water partition coefficient (Wildman–Crippen LogP) is 5.19. The molecule has 3 aromatic rings. The van der Waals surface area contributed by atoms with Gasteiger partial charge in [-0.25, -0.2) is 4.79 Å². The summed E-state index contributed by atoms with van der Waals surface area (Å²) in [7, 11) is 0. The summed E-state index contributed by atoms with van der Waals surface area (Å²) in [5, 5.41) is 0. The van der Waals surface area contributed by atoms with E-state index in [1.165, 1.54) is 0 Å². The summed E-state index contributed by atoms with van der Waals surface area (Å²) in [4.78, 5) is 12.3. The van der Waals surface area contributed by atoms with Crippen LogP contribution in [-0.4, -0.2) is 5.97 Å². The van der Waals surface area contributed by atoms with E-state index in [0.717, 1.165) is 22.3 Å². The molecular formula is C21H18O2. The van der Waals surface area contributed by atoms with Gasteiger partial charge >= 0.3 is 5.97 Å². The highest BCUT2D eigenvalue weighted by atomic mass is 16.5. The maximum absolute atomic E-state index is 12.3. The lowest BCUT2D eigenvalue weighted by molar-refractivity contribution is 0.0733. The number of hydrogen-bond donors (Lipinski definition) is 0. The normalized spacial score (nSPS) is 10.3. The lowest BCUT2D eigenvalue weighted by atomic mass is 10.0. The second kappa shape index (κ2) is 6.49. The van der Waals surface area contributed by atoms with Crippen molar-refractivity contribution >= 4 is 5.97 Å². The number of benzene rings is 3. The molecule has 0 aliphatic rings. The van der Waals surface area contributed by atoms with Gasteiger partial charge in [0.1, 0.15) is 5.75 Å². The minimum absolute atomic E-state index is 0.335. The van der Waals surface area contributed by atoms with Crippen molar-refractivity contribution in [2.24, 2.45) is 0 Å². The zero-order valence-corrected chi connectivity index (χ0v) is 13.2. The topological polar surface area (TPSA) is 26.3 Å². The molecule has 0 saturated carbocycles. The molecule has 3 aromatic carbocycles. The van der Waals surface area contributed by atoms with Gasteiger partial charge in [0.15, 0.2) is 0 Å². The maximum atomic E-state index is 12.3. The highest BCUT2D eigenvalue weighted by Crippen LogP contribution is 2.22. The molecule has 0 bridgehead atoms. The Morgan fingerprint density at radius 3 is 2.13 bits per heavy atom. The van der Waals surface area contributed by atoms with E-state index in [1.54, 1.807) is 12.1 Å². The Balaban J connectivity index is 1.79. The van der Waals surface area contributed by atoms with Crippen molar-refractivity contribution in [3.05, 3.63) is 89.5 Å². The van der Waals surface area contributed by atoms with Crippen LogP contribution in [0.1, 0.15) is 21.5 Å².